The van der Waals surface area contributed by atoms with Gasteiger partial charge in [-0.3, -0.25) is 4.79 Å². The Morgan fingerprint density at radius 3 is 2.92 bits per heavy atom. The molecule has 0 aromatic carbocycles. The summed E-state index contributed by atoms with van der Waals surface area (Å²) in [6.45, 7) is 2.16. The molecule has 1 heteroatoms. The van der Waals surface area contributed by atoms with Crippen LogP contribution < -0.4 is 0 Å². The van der Waals surface area contributed by atoms with E-state index in [0.717, 1.165) is 31.3 Å². The van der Waals surface area contributed by atoms with E-state index in [1.807, 2.05) is 0 Å². The van der Waals surface area contributed by atoms with Gasteiger partial charge in [-0.15, -0.1) is 0 Å². The van der Waals surface area contributed by atoms with Crippen LogP contribution >= 0.6 is 0 Å². The molecule has 0 saturated heterocycles. The number of hydrogen-bond acceptors (Lipinski definition) is 1. The summed E-state index contributed by atoms with van der Waals surface area (Å²) < 4.78 is 0. The fourth-order valence-corrected chi connectivity index (χ4v) is 1.34. The molecule has 0 unspecified atom stereocenters. The minimum absolute atomic E-state index is 0.344. The van der Waals surface area contributed by atoms with E-state index in [0.29, 0.717) is 5.78 Å². The van der Waals surface area contributed by atoms with Gasteiger partial charge < -0.3 is 0 Å². The number of unbranched alkanes of at least 4 members (excludes halogenated alkanes) is 1. The van der Waals surface area contributed by atoms with Gasteiger partial charge in [0.15, 0.2) is 5.78 Å². The lowest BCUT2D eigenvalue weighted by atomic mass is 10.1. The van der Waals surface area contributed by atoms with Gasteiger partial charge in [0.05, 0.1) is 0 Å². The topological polar surface area (TPSA) is 17.1 Å². The minimum atomic E-state index is 0.344. The highest BCUT2D eigenvalue weighted by molar-refractivity contribution is 5.97. The smallest absolute Gasteiger partial charge is 0.159 e. The van der Waals surface area contributed by atoms with Crippen molar-refractivity contribution in [2.24, 2.45) is 0 Å². The standard InChI is InChI=1S/C11H16O/c1-2-3-4-5-7-10-8-6-9-11(10)12/h4-5,8H,2-3,6-7,9H2,1H3/b5-4+. The Morgan fingerprint density at radius 2 is 2.33 bits per heavy atom. The molecule has 0 aromatic heterocycles. The molecule has 0 amide bonds. The third kappa shape index (κ3) is 2.65. The Kier molecular flexibility index (Phi) is 3.78. The van der Waals surface area contributed by atoms with Gasteiger partial charge in [0.1, 0.15) is 0 Å². The largest absolute Gasteiger partial charge is 0.295 e. The van der Waals surface area contributed by atoms with Crippen molar-refractivity contribution < 1.29 is 4.79 Å². The van der Waals surface area contributed by atoms with Gasteiger partial charge >= 0.3 is 0 Å². The van der Waals surface area contributed by atoms with Crippen LogP contribution in [0.4, 0.5) is 0 Å². The molecular weight excluding hydrogens is 148 g/mol. The van der Waals surface area contributed by atoms with Gasteiger partial charge in [-0.25, -0.2) is 0 Å². The lowest BCUT2D eigenvalue weighted by Gasteiger charge is -1.93. The zero-order valence-corrected chi connectivity index (χ0v) is 7.68. The molecule has 66 valence electrons. The Balaban J connectivity index is 2.27. The monoisotopic (exact) mass is 164 g/mol. The molecule has 1 nitrogen and oxygen atoms in total. The number of rotatable bonds is 4. The van der Waals surface area contributed by atoms with Gasteiger partial charge in [-0.05, 0) is 24.8 Å². The number of carbonyl (C=O) groups is 1. The molecule has 12 heavy (non-hydrogen) atoms. The van der Waals surface area contributed by atoms with Crippen molar-refractivity contribution in [2.45, 2.75) is 39.0 Å². The predicted molar refractivity (Wildman–Crippen MR) is 51.0 cm³/mol. The van der Waals surface area contributed by atoms with Gasteiger partial charge in [-0.1, -0.05) is 31.6 Å². The summed E-state index contributed by atoms with van der Waals surface area (Å²) in [4.78, 5) is 11.1. The van der Waals surface area contributed by atoms with Crippen LogP contribution in [0.2, 0.25) is 0 Å². The van der Waals surface area contributed by atoms with Crippen molar-refractivity contribution in [1.82, 2.24) is 0 Å². The van der Waals surface area contributed by atoms with Crippen molar-refractivity contribution in [3.63, 3.8) is 0 Å². The molecule has 1 aliphatic rings. The van der Waals surface area contributed by atoms with Crippen molar-refractivity contribution >= 4 is 5.78 Å². The highest BCUT2D eigenvalue weighted by atomic mass is 16.1. The second-order valence-corrected chi connectivity index (χ2v) is 3.16. The van der Waals surface area contributed by atoms with Crippen LogP contribution in [0, 0.1) is 0 Å². The summed E-state index contributed by atoms with van der Waals surface area (Å²) in [6.07, 6.45) is 11.2. The molecular formula is C11H16O. The van der Waals surface area contributed by atoms with Crippen LogP contribution in [-0.4, -0.2) is 5.78 Å². The maximum Gasteiger partial charge on any atom is 0.159 e. The fourth-order valence-electron chi connectivity index (χ4n) is 1.34. The number of carbonyl (C=O) groups excluding carboxylic acids is 1. The van der Waals surface area contributed by atoms with Crippen LogP contribution in [0.15, 0.2) is 23.8 Å². The number of ketones is 1. The van der Waals surface area contributed by atoms with Crippen molar-refractivity contribution in [3.05, 3.63) is 23.8 Å². The van der Waals surface area contributed by atoms with Crippen molar-refractivity contribution in [1.29, 1.82) is 0 Å². The third-order valence-electron chi connectivity index (χ3n) is 2.08. The van der Waals surface area contributed by atoms with Crippen LogP contribution in [0.1, 0.15) is 39.0 Å². The van der Waals surface area contributed by atoms with Crippen molar-refractivity contribution in [2.75, 3.05) is 0 Å². The Bertz CT molecular complexity index is 211. The molecule has 1 aliphatic carbocycles. The zero-order chi connectivity index (χ0) is 8.81. The number of hydrogen-bond donors (Lipinski definition) is 0. The molecule has 0 fully saturated rings. The first-order valence-corrected chi connectivity index (χ1v) is 4.72. The first kappa shape index (κ1) is 9.24. The van der Waals surface area contributed by atoms with E-state index >= 15 is 0 Å². The average Bonchev–Trinajstić information content (AvgIpc) is 2.46. The highest BCUT2D eigenvalue weighted by Crippen LogP contribution is 2.17. The van der Waals surface area contributed by atoms with E-state index < -0.39 is 0 Å². The SMILES string of the molecule is CCC/C=C/CC1=CCCC1=O. The van der Waals surface area contributed by atoms with E-state index in [1.54, 1.807) is 0 Å². The summed E-state index contributed by atoms with van der Waals surface area (Å²) in [7, 11) is 0. The van der Waals surface area contributed by atoms with E-state index in [-0.39, 0.29) is 0 Å². The van der Waals surface area contributed by atoms with Crippen LogP contribution in [0.5, 0.6) is 0 Å². The maximum absolute atomic E-state index is 11.1. The summed E-state index contributed by atoms with van der Waals surface area (Å²) in [5, 5.41) is 0. The van der Waals surface area contributed by atoms with Gasteiger partial charge in [0.2, 0.25) is 0 Å². The second kappa shape index (κ2) is 4.91. The normalized spacial score (nSPS) is 17.4. The summed E-state index contributed by atoms with van der Waals surface area (Å²) in [6, 6.07) is 0. The third-order valence-corrected chi connectivity index (χ3v) is 2.08. The first-order chi connectivity index (χ1) is 5.84. The molecule has 0 saturated carbocycles. The molecule has 0 spiro atoms. The van der Waals surface area contributed by atoms with E-state index in [1.165, 1.54) is 6.42 Å². The second-order valence-electron chi connectivity index (χ2n) is 3.16. The lowest BCUT2D eigenvalue weighted by molar-refractivity contribution is -0.114. The molecule has 0 N–H and O–H groups in total. The van der Waals surface area contributed by atoms with Crippen LogP contribution in [0.25, 0.3) is 0 Å². The predicted octanol–water partition coefficient (Wildman–Crippen LogP) is 3.02. The zero-order valence-electron chi connectivity index (χ0n) is 7.68. The molecule has 0 atom stereocenters. The highest BCUT2D eigenvalue weighted by Gasteiger charge is 2.12. The van der Waals surface area contributed by atoms with Gasteiger partial charge in [0, 0.05) is 6.42 Å². The Hall–Kier alpha value is -0.850. The van der Waals surface area contributed by atoms with Crippen LogP contribution in [0.3, 0.4) is 0 Å². The molecule has 0 aromatic rings. The summed E-state index contributed by atoms with van der Waals surface area (Å²) in [5.41, 5.74) is 1.02. The number of Topliss-reactive ketones (excluding diaryl/α,β-unsaturated/α-hetero) is 1. The van der Waals surface area contributed by atoms with E-state index in [9.17, 15) is 4.79 Å². The number of allylic oxidation sites excluding steroid dienone is 4. The average molecular weight is 164 g/mol. The minimum Gasteiger partial charge on any atom is -0.295 e. The molecule has 0 aliphatic heterocycles. The van der Waals surface area contributed by atoms with E-state index in [4.69, 9.17) is 0 Å². The Labute approximate surface area is 74.2 Å². The van der Waals surface area contributed by atoms with Crippen molar-refractivity contribution in [3.8, 4) is 0 Å². The van der Waals surface area contributed by atoms with Crippen LogP contribution in [-0.2, 0) is 4.79 Å². The molecule has 0 radical (unpaired) electrons. The molecule has 1 rings (SSSR count). The summed E-state index contributed by atoms with van der Waals surface area (Å²) in [5.74, 6) is 0.344. The van der Waals surface area contributed by atoms with Gasteiger partial charge in [-0.2, -0.15) is 0 Å². The van der Waals surface area contributed by atoms with E-state index in [2.05, 4.69) is 25.2 Å². The fraction of sp³-hybridized carbons (Fsp3) is 0.545. The lowest BCUT2D eigenvalue weighted by Crippen LogP contribution is -1.93. The molecule has 0 heterocycles. The molecule has 0 bridgehead atoms. The maximum atomic E-state index is 11.1. The first-order valence-electron chi connectivity index (χ1n) is 4.72. The quantitative estimate of drug-likeness (QED) is 0.584. The summed E-state index contributed by atoms with van der Waals surface area (Å²) >= 11 is 0. The Morgan fingerprint density at radius 1 is 1.50 bits per heavy atom. The van der Waals surface area contributed by atoms with Gasteiger partial charge in [0.25, 0.3) is 0 Å².